The molecule has 1 aromatic rings. The van der Waals surface area contributed by atoms with Crippen LogP contribution in [0.4, 0.5) is 8.78 Å². The van der Waals surface area contributed by atoms with Crippen LogP contribution in [0.25, 0.3) is 0 Å². The van der Waals surface area contributed by atoms with E-state index in [4.69, 9.17) is 0 Å². The molecule has 18 heavy (non-hydrogen) atoms. The highest BCUT2D eigenvalue weighted by molar-refractivity contribution is 5.99. The molecule has 0 saturated carbocycles. The molecule has 0 radical (unpaired) electrons. The number of carbonyl (C=O) groups is 2. The average Bonchev–Trinajstić information content (AvgIpc) is 2.28. The molecule has 0 aliphatic heterocycles. The maximum Gasteiger partial charge on any atom is 0.220 e. The van der Waals surface area contributed by atoms with E-state index in [1.165, 1.54) is 0 Å². The van der Waals surface area contributed by atoms with E-state index in [1.807, 2.05) is 13.8 Å². The zero-order valence-electron chi connectivity index (χ0n) is 10.3. The lowest BCUT2D eigenvalue weighted by atomic mass is 10.1. The number of benzene rings is 1. The molecule has 0 saturated heterocycles. The van der Waals surface area contributed by atoms with Crippen LogP contribution in [0.1, 0.15) is 30.6 Å². The molecular weight excluding hydrogens is 240 g/mol. The summed E-state index contributed by atoms with van der Waals surface area (Å²) in [6.07, 6.45) is 0.291. The van der Waals surface area contributed by atoms with E-state index in [-0.39, 0.29) is 23.9 Å². The molecule has 3 nitrogen and oxygen atoms in total. The molecule has 1 aromatic carbocycles. The van der Waals surface area contributed by atoms with Gasteiger partial charge in [0.05, 0.1) is 12.1 Å². The van der Waals surface area contributed by atoms with Crippen molar-refractivity contribution in [2.75, 3.05) is 6.54 Å². The molecule has 5 heteroatoms. The van der Waals surface area contributed by atoms with E-state index in [9.17, 15) is 18.4 Å². The normalized spacial score (nSPS) is 10.5. The fraction of sp³-hybridized carbons (Fsp3) is 0.385. The average molecular weight is 255 g/mol. The zero-order valence-corrected chi connectivity index (χ0v) is 10.3. The standard InChI is InChI=1S/C13H15F2NO2/c1-8(2)5-13(18)16-7-12(17)10-6-9(14)3-4-11(10)15/h3-4,6,8H,5,7H2,1-2H3,(H,16,18). The van der Waals surface area contributed by atoms with E-state index in [1.54, 1.807) is 0 Å². The summed E-state index contributed by atoms with van der Waals surface area (Å²) in [5.41, 5.74) is -0.347. The molecule has 0 fully saturated rings. The third-order valence-electron chi connectivity index (χ3n) is 2.27. The summed E-state index contributed by atoms with van der Waals surface area (Å²) in [7, 11) is 0. The summed E-state index contributed by atoms with van der Waals surface area (Å²) in [5, 5.41) is 2.38. The Kier molecular flexibility index (Phi) is 4.95. The maximum absolute atomic E-state index is 13.3. The van der Waals surface area contributed by atoms with Crippen molar-refractivity contribution in [2.24, 2.45) is 5.92 Å². The van der Waals surface area contributed by atoms with Crippen molar-refractivity contribution < 1.29 is 18.4 Å². The van der Waals surface area contributed by atoms with Gasteiger partial charge in [0.2, 0.25) is 5.91 Å². The van der Waals surface area contributed by atoms with Gasteiger partial charge in [-0.15, -0.1) is 0 Å². The highest BCUT2D eigenvalue weighted by Gasteiger charge is 2.14. The van der Waals surface area contributed by atoms with Crippen molar-refractivity contribution >= 4 is 11.7 Å². The van der Waals surface area contributed by atoms with Crippen molar-refractivity contribution in [3.8, 4) is 0 Å². The van der Waals surface area contributed by atoms with Crippen LogP contribution in [-0.2, 0) is 4.79 Å². The van der Waals surface area contributed by atoms with Gasteiger partial charge < -0.3 is 5.32 Å². The molecule has 98 valence electrons. The summed E-state index contributed by atoms with van der Waals surface area (Å²) < 4.78 is 26.1. The maximum atomic E-state index is 13.3. The van der Waals surface area contributed by atoms with Crippen molar-refractivity contribution in [2.45, 2.75) is 20.3 Å². The minimum atomic E-state index is -0.792. The summed E-state index contributed by atoms with van der Waals surface area (Å²) in [4.78, 5) is 22.9. The molecule has 1 N–H and O–H groups in total. The number of nitrogens with one attached hydrogen (secondary N) is 1. The monoisotopic (exact) mass is 255 g/mol. The van der Waals surface area contributed by atoms with Crippen LogP contribution in [0.2, 0.25) is 0 Å². The zero-order chi connectivity index (χ0) is 13.7. The Morgan fingerprint density at radius 2 is 1.94 bits per heavy atom. The Morgan fingerprint density at radius 1 is 1.28 bits per heavy atom. The minimum Gasteiger partial charge on any atom is -0.349 e. The van der Waals surface area contributed by atoms with Crippen LogP contribution in [0, 0.1) is 17.6 Å². The quantitative estimate of drug-likeness (QED) is 0.821. The first kappa shape index (κ1) is 14.3. The van der Waals surface area contributed by atoms with E-state index >= 15 is 0 Å². The van der Waals surface area contributed by atoms with Crippen LogP contribution < -0.4 is 5.32 Å². The van der Waals surface area contributed by atoms with Gasteiger partial charge in [-0.1, -0.05) is 13.8 Å². The summed E-state index contributed by atoms with van der Waals surface area (Å²) in [5.74, 6) is -2.24. The van der Waals surface area contributed by atoms with Crippen LogP contribution in [0.3, 0.4) is 0 Å². The second-order valence-electron chi connectivity index (χ2n) is 4.42. The number of halogens is 2. The van der Waals surface area contributed by atoms with Crippen molar-refractivity contribution in [1.29, 1.82) is 0 Å². The minimum absolute atomic E-state index is 0.172. The number of ketones is 1. The van der Waals surface area contributed by atoms with Crippen molar-refractivity contribution in [1.82, 2.24) is 5.32 Å². The third-order valence-corrected chi connectivity index (χ3v) is 2.27. The Labute approximate surface area is 104 Å². The number of carbonyl (C=O) groups excluding carboxylic acids is 2. The molecular formula is C13H15F2NO2. The number of rotatable bonds is 5. The molecule has 1 amide bonds. The molecule has 0 heterocycles. The fourth-order valence-corrected chi connectivity index (χ4v) is 1.43. The van der Waals surface area contributed by atoms with Gasteiger partial charge >= 0.3 is 0 Å². The smallest absolute Gasteiger partial charge is 0.220 e. The fourth-order valence-electron chi connectivity index (χ4n) is 1.43. The van der Waals surface area contributed by atoms with E-state index < -0.39 is 17.4 Å². The lowest BCUT2D eigenvalue weighted by Gasteiger charge is -2.07. The SMILES string of the molecule is CC(C)CC(=O)NCC(=O)c1cc(F)ccc1F. The first-order valence-corrected chi connectivity index (χ1v) is 5.65. The lowest BCUT2D eigenvalue weighted by Crippen LogP contribution is -2.30. The summed E-state index contributed by atoms with van der Waals surface area (Å²) in [6, 6.07) is 2.65. The lowest BCUT2D eigenvalue weighted by molar-refractivity contribution is -0.121. The topological polar surface area (TPSA) is 46.2 Å². The number of Topliss-reactive ketones (excluding diaryl/α,β-unsaturated/α-hetero) is 1. The molecule has 0 unspecified atom stereocenters. The van der Waals surface area contributed by atoms with Crippen molar-refractivity contribution in [3.63, 3.8) is 0 Å². The highest BCUT2D eigenvalue weighted by Crippen LogP contribution is 2.10. The molecule has 0 aromatic heterocycles. The second kappa shape index (κ2) is 6.23. The van der Waals surface area contributed by atoms with E-state index in [0.29, 0.717) is 6.42 Å². The van der Waals surface area contributed by atoms with Gasteiger partial charge in [-0.05, 0) is 24.1 Å². The van der Waals surface area contributed by atoms with E-state index in [0.717, 1.165) is 18.2 Å². The second-order valence-corrected chi connectivity index (χ2v) is 4.42. The largest absolute Gasteiger partial charge is 0.349 e. The van der Waals surface area contributed by atoms with Gasteiger partial charge in [-0.2, -0.15) is 0 Å². The Bertz CT molecular complexity index is 458. The Balaban J connectivity index is 2.60. The van der Waals surface area contributed by atoms with Crippen LogP contribution in [-0.4, -0.2) is 18.2 Å². The summed E-state index contributed by atoms with van der Waals surface area (Å²) >= 11 is 0. The Hall–Kier alpha value is -1.78. The van der Waals surface area contributed by atoms with Gasteiger partial charge in [-0.3, -0.25) is 9.59 Å². The first-order valence-electron chi connectivity index (χ1n) is 5.65. The van der Waals surface area contributed by atoms with Crippen molar-refractivity contribution in [3.05, 3.63) is 35.4 Å². The molecule has 0 aliphatic carbocycles. The van der Waals surface area contributed by atoms with Gasteiger partial charge in [0, 0.05) is 6.42 Å². The molecule has 0 atom stereocenters. The first-order chi connectivity index (χ1) is 8.40. The van der Waals surface area contributed by atoms with Gasteiger partial charge in [0.25, 0.3) is 0 Å². The molecule has 0 aliphatic rings. The number of hydrogen-bond acceptors (Lipinski definition) is 2. The molecule has 0 spiro atoms. The van der Waals surface area contributed by atoms with Crippen LogP contribution >= 0.6 is 0 Å². The number of amides is 1. The Morgan fingerprint density at radius 3 is 2.56 bits per heavy atom. The van der Waals surface area contributed by atoms with E-state index in [2.05, 4.69) is 5.32 Å². The predicted octanol–water partition coefficient (Wildman–Crippen LogP) is 2.31. The molecule has 1 rings (SSSR count). The number of hydrogen-bond donors (Lipinski definition) is 1. The molecule has 0 bridgehead atoms. The van der Waals surface area contributed by atoms with Crippen LogP contribution in [0.5, 0.6) is 0 Å². The van der Waals surface area contributed by atoms with Gasteiger partial charge in [0.15, 0.2) is 5.78 Å². The summed E-state index contributed by atoms with van der Waals surface area (Å²) in [6.45, 7) is 3.41. The third kappa shape index (κ3) is 4.24. The van der Waals surface area contributed by atoms with Gasteiger partial charge in [0.1, 0.15) is 11.6 Å². The van der Waals surface area contributed by atoms with Gasteiger partial charge in [-0.25, -0.2) is 8.78 Å². The predicted molar refractivity (Wildman–Crippen MR) is 63.2 cm³/mol. The van der Waals surface area contributed by atoms with Crippen LogP contribution in [0.15, 0.2) is 18.2 Å². The highest BCUT2D eigenvalue weighted by atomic mass is 19.1.